The molecule has 0 saturated carbocycles. The van der Waals surface area contributed by atoms with E-state index in [9.17, 15) is 4.79 Å². The van der Waals surface area contributed by atoms with Crippen LogP contribution in [0.2, 0.25) is 0 Å². The number of carbonyl (C=O) groups is 1. The Labute approximate surface area is 142 Å². The summed E-state index contributed by atoms with van der Waals surface area (Å²) < 4.78 is 1.88. The summed E-state index contributed by atoms with van der Waals surface area (Å²) in [7, 11) is 0. The molecule has 1 aromatic carbocycles. The van der Waals surface area contributed by atoms with Gasteiger partial charge in [0.15, 0.2) is 0 Å². The lowest BCUT2D eigenvalue weighted by molar-refractivity contribution is 0.0710. The van der Waals surface area contributed by atoms with Crippen molar-refractivity contribution in [1.29, 1.82) is 0 Å². The highest BCUT2D eigenvalue weighted by atomic mass is 16.3. The van der Waals surface area contributed by atoms with E-state index >= 15 is 0 Å². The van der Waals surface area contributed by atoms with Gasteiger partial charge in [0.1, 0.15) is 0 Å². The molecule has 0 bridgehead atoms. The van der Waals surface area contributed by atoms with Gasteiger partial charge in [0.25, 0.3) is 5.91 Å². The molecule has 1 saturated heterocycles. The highest BCUT2D eigenvalue weighted by molar-refractivity contribution is 5.95. The van der Waals surface area contributed by atoms with Crippen molar-refractivity contribution in [2.24, 2.45) is 0 Å². The van der Waals surface area contributed by atoms with Crippen molar-refractivity contribution in [1.82, 2.24) is 14.7 Å². The first-order valence-corrected chi connectivity index (χ1v) is 8.59. The van der Waals surface area contributed by atoms with E-state index in [1.165, 1.54) is 5.69 Å². The Morgan fingerprint density at radius 1 is 1.25 bits per heavy atom. The maximum Gasteiger partial charge on any atom is 0.254 e. The first-order chi connectivity index (χ1) is 11.6. The zero-order chi connectivity index (χ0) is 17.1. The van der Waals surface area contributed by atoms with Gasteiger partial charge in [0, 0.05) is 36.5 Å². The SMILES string of the molecule is Cc1ccc(C)c(C(=O)N2CCC(c3ccnn3CCO)CC2)c1. The summed E-state index contributed by atoms with van der Waals surface area (Å²) in [5, 5.41) is 13.4. The van der Waals surface area contributed by atoms with E-state index in [0.717, 1.165) is 42.6 Å². The predicted octanol–water partition coefficient (Wildman–Crippen LogP) is 2.51. The number of aryl methyl sites for hydroxylation is 2. The zero-order valence-electron chi connectivity index (χ0n) is 14.4. The Bertz CT molecular complexity index is 715. The summed E-state index contributed by atoms with van der Waals surface area (Å²) in [4.78, 5) is 14.8. The number of carbonyl (C=O) groups excluding carboxylic acids is 1. The van der Waals surface area contributed by atoms with E-state index in [1.807, 2.05) is 47.7 Å². The summed E-state index contributed by atoms with van der Waals surface area (Å²) in [6.45, 7) is 6.17. The largest absolute Gasteiger partial charge is 0.394 e. The van der Waals surface area contributed by atoms with Crippen LogP contribution in [0.1, 0.15) is 45.9 Å². The number of amides is 1. The molecular weight excluding hydrogens is 302 g/mol. The molecule has 1 fully saturated rings. The average molecular weight is 327 g/mol. The number of hydrogen-bond acceptors (Lipinski definition) is 3. The Hall–Kier alpha value is -2.14. The Balaban J connectivity index is 1.67. The molecule has 0 spiro atoms. The van der Waals surface area contributed by atoms with Crippen LogP contribution in [-0.2, 0) is 6.54 Å². The molecule has 3 rings (SSSR count). The monoisotopic (exact) mass is 327 g/mol. The van der Waals surface area contributed by atoms with Crippen molar-refractivity contribution in [3.05, 3.63) is 52.8 Å². The zero-order valence-corrected chi connectivity index (χ0v) is 14.4. The highest BCUT2D eigenvalue weighted by Gasteiger charge is 2.27. The van der Waals surface area contributed by atoms with Gasteiger partial charge in [-0.15, -0.1) is 0 Å². The van der Waals surface area contributed by atoms with Crippen molar-refractivity contribution in [2.75, 3.05) is 19.7 Å². The van der Waals surface area contributed by atoms with Gasteiger partial charge in [0.2, 0.25) is 0 Å². The number of benzene rings is 1. The van der Waals surface area contributed by atoms with Crippen LogP contribution in [0.3, 0.4) is 0 Å². The molecule has 128 valence electrons. The lowest BCUT2D eigenvalue weighted by Crippen LogP contribution is -2.38. The van der Waals surface area contributed by atoms with Crippen LogP contribution in [0.5, 0.6) is 0 Å². The van der Waals surface area contributed by atoms with Gasteiger partial charge in [-0.2, -0.15) is 5.10 Å². The molecule has 1 aliphatic rings. The Morgan fingerprint density at radius 2 is 2.00 bits per heavy atom. The predicted molar refractivity (Wildman–Crippen MR) is 93.1 cm³/mol. The van der Waals surface area contributed by atoms with E-state index in [4.69, 9.17) is 5.11 Å². The quantitative estimate of drug-likeness (QED) is 0.939. The maximum absolute atomic E-state index is 12.8. The number of aliphatic hydroxyl groups excluding tert-OH is 1. The maximum atomic E-state index is 12.8. The molecule has 1 amide bonds. The number of piperidine rings is 1. The third kappa shape index (κ3) is 3.36. The molecule has 0 atom stereocenters. The van der Waals surface area contributed by atoms with Crippen molar-refractivity contribution in [3.63, 3.8) is 0 Å². The summed E-state index contributed by atoms with van der Waals surface area (Å²) in [6, 6.07) is 8.08. The molecule has 2 aromatic rings. The fourth-order valence-electron chi connectivity index (χ4n) is 3.49. The van der Waals surface area contributed by atoms with Gasteiger partial charge in [0.05, 0.1) is 13.2 Å². The second-order valence-corrected chi connectivity index (χ2v) is 6.59. The lowest BCUT2D eigenvalue weighted by Gasteiger charge is -2.32. The third-order valence-corrected chi connectivity index (χ3v) is 4.89. The number of likely N-dealkylation sites (tertiary alicyclic amines) is 1. The van der Waals surface area contributed by atoms with Crippen LogP contribution < -0.4 is 0 Å². The van der Waals surface area contributed by atoms with Crippen LogP contribution in [0.25, 0.3) is 0 Å². The first kappa shape index (κ1) is 16.7. The van der Waals surface area contributed by atoms with Crippen LogP contribution >= 0.6 is 0 Å². The topological polar surface area (TPSA) is 58.4 Å². The molecule has 0 aliphatic carbocycles. The van der Waals surface area contributed by atoms with Crippen molar-refractivity contribution in [2.45, 2.75) is 39.2 Å². The van der Waals surface area contributed by atoms with Gasteiger partial charge in [-0.3, -0.25) is 9.48 Å². The standard InChI is InChI=1S/C19H25N3O2/c1-14-3-4-15(2)17(13-14)19(24)21-9-6-16(7-10-21)18-5-8-20-22(18)11-12-23/h3-5,8,13,16,23H,6-7,9-12H2,1-2H3. The van der Waals surface area contributed by atoms with Gasteiger partial charge < -0.3 is 10.0 Å². The first-order valence-electron chi connectivity index (χ1n) is 8.59. The summed E-state index contributed by atoms with van der Waals surface area (Å²) in [5.74, 6) is 0.542. The van der Waals surface area contributed by atoms with E-state index in [0.29, 0.717) is 12.5 Å². The second-order valence-electron chi connectivity index (χ2n) is 6.59. The van der Waals surface area contributed by atoms with Crippen LogP contribution in [0.4, 0.5) is 0 Å². The fourth-order valence-corrected chi connectivity index (χ4v) is 3.49. The number of rotatable bonds is 4. The van der Waals surface area contributed by atoms with Gasteiger partial charge in [-0.25, -0.2) is 0 Å². The van der Waals surface area contributed by atoms with Crippen LogP contribution in [-0.4, -0.2) is 45.4 Å². The fraction of sp³-hybridized carbons (Fsp3) is 0.474. The highest BCUT2D eigenvalue weighted by Crippen LogP contribution is 2.29. The minimum Gasteiger partial charge on any atom is -0.394 e. The lowest BCUT2D eigenvalue weighted by atomic mass is 9.92. The van der Waals surface area contributed by atoms with Gasteiger partial charge >= 0.3 is 0 Å². The van der Waals surface area contributed by atoms with E-state index in [2.05, 4.69) is 5.10 Å². The third-order valence-electron chi connectivity index (χ3n) is 4.89. The van der Waals surface area contributed by atoms with Crippen LogP contribution in [0.15, 0.2) is 30.5 Å². The smallest absolute Gasteiger partial charge is 0.254 e. The van der Waals surface area contributed by atoms with E-state index in [1.54, 1.807) is 6.20 Å². The molecule has 2 heterocycles. The van der Waals surface area contributed by atoms with Gasteiger partial charge in [-0.05, 0) is 44.4 Å². The Kier molecular flexibility index (Phi) is 5.00. The summed E-state index contributed by atoms with van der Waals surface area (Å²) in [6.07, 6.45) is 3.67. The normalized spacial score (nSPS) is 15.7. The molecule has 1 aromatic heterocycles. The molecule has 5 nitrogen and oxygen atoms in total. The molecule has 1 aliphatic heterocycles. The number of aromatic nitrogens is 2. The van der Waals surface area contributed by atoms with E-state index in [-0.39, 0.29) is 12.5 Å². The minimum absolute atomic E-state index is 0.0959. The van der Waals surface area contributed by atoms with Crippen molar-refractivity contribution < 1.29 is 9.90 Å². The molecule has 5 heteroatoms. The molecule has 24 heavy (non-hydrogen) atoms. The number of hydrogen-bond donors (Lipinski definition) is 1. The molecule has 0 unspecified atom stereocenters. The van der Waals surface area contributed by atoms with E-state index < -0.39 is 0 Å². The molecular formula is C19H25N3O2. The summed E-state index contributed by atoms with van der Waals surface area (Å²) >= 11 is 0. The average Bonchev–Trinajstić information content (AvgIpc) is 3.05. The second kappa shape index (κ2) is 7.18. The molecule has 1 N–H and O–H groups in total. The van der Waals surface area contributed by atoms with Gasteiger partial charge in [-0.1, -0.05) is 17.7 Å². The minimum atomic E-state index is 0.0959. The number of aliphatic hydroxyl groups is 1. The van der Waals surface area contributed by atoms with Crippen LogP contribution in [0, 0.1) is 13.8 Å². The summed E-state index contributed by atoms with van der Waals surface area (Å²) in [5.41, 5.74) is 4.14. The molecule has 0 radical (unpaired) electrons. The number of nitrogens with zero attached hydrogens (tertiary/aromatic N) is 3. The van der Waals surface area contributed by atoms with Crippen molar-refractivity contribution >= 4 is 5.91 Å². The van der Waals surface area contributed by atoms with Crippen molar-refractivity contribution in [3.8, 4) is 0 Å². The Morgan fingerprint density at radius 3 is 2.71 bits per heavy atom.